The number of anilines is 1. The third kappa shape index (κ3) is 6.58. The number of likely N-dealkylation sites (tertiary alicyclic amines) is 1. The van der Waals surface area contributed by atoms with E-state index in [1.807, 2.05) is 48.5 Å². The van der Waals surface area contributed by atoms with Crippen LogP contribution in [0.3, 0.4) is 0 Å². The molecule has 40 heavy (non-hydrogen) atoms. The molecule has 0 aliphatic carbocycles. The number of rotatable bonds is 6. The van der Waals surface area contributed by atoms with Crippen LogP contribution in [0.2, 0.25) is 0 Å². The first-order valence-corrected chi connectivity index (χ1v) is 13.8. The van der Waals surface area contributed by atoms with Crippen LogP contribution in [0, 0.1) is 18.7 Å². The molecule has 1 heterocycles. The van der Waals surface area contributed by atoms with Crippen LogP contribution in [0.4, 0.5) is 10.1 Å². The highest BCUT2D eigenvalue weighted by Gasteiger charge is 2.40. The number of hydrogen-bond donors (Lipinski definition) is 2. The maximum atomic E-state index is 14.9. The zero-order valence-corrected chi connectivity index (χ0v) is 23.9. The van der Waals surface area contributed by atoms with E-state index in [-0.39, 0.29) is 22.8 Å². The summed E-state index contributed by atoms with van der Waals surface area (Å²) < 4.78 is 14.9. The van der Waals surface area contributed by atoms with Gasteiger partial charge >= 0.3 is 0 Å². The van der Waals surface area contributed by atoms with Crippen molar-refractivity contribution in [2.24, 2.45) is 5.92 Å². The monoisotopic (exact) mass is 543 g/mol. The fraction of sp³-hybridized carbons (Fsp3) is 0.364. The number of piperidine rings is 1. The summed E-state index contributed by atoms with van der Waals surface area (Å²) >= 11 is 0. The van der Waals surface area contributed by atoms with Crippen LogP contribution in [0.5, 0.6) is 0 Å². The number of hydrogen-bond acceptors (Lipinski definition) is 3. The second-order valence-corrected chi connectivity index (χ2v) is 11.6. The van der Waals surface area contributed by atoms with Crippen molar-refractivity contribution in [3.05, 3.63) is 100 Å². The molecule has 0 saturated carbocycles. The Morgan fingerprint density at radius 1 is 1.00 bits per heavy atom. The molecule has 1 fully saturated rings. The topological polar surface area (TPSA) is 78.5 Å². The lowest BCUT2D eigenvalue weighted by atomic mass is 9.82. The first kappa shape index (κ1) is 29.0. The number of aryl methyl sites for hydroxylation is 1. The molecule has 1 aliphatic rings. The average Bonchev–Trinajstić information content (AvgIpc) is 2.91. The molecule has 4 rings (SSSR count). The highest BCUT2D eigenvalue weighted by atomic mass is 19.1. The molecule has 0 spiro atoms. The summed E-state index contributed by atoms with van der Waals surface area (Å²) in [6.45, 7) is 10.3. The predicted molar refractivity (Wildman–Crippen MR) is 155 cm³/mol. The molecule has 1 aliphatic heterocycles. The van der Waals surface area contributed by atoms with E-state index < -0.39 is 23.7 Å². The Morgan fingerprint density at radius 2 is 1.70 bits per heavy atom. The van der Waals surface area contributed by atoms with Gasteiger partial charge in [0.1, 0.15) is 5.82 Å². The number of carbonyl (C=O) groups is 3. The lowest BCUT2D eigenvalue weighted by molar-refractivity contribution is -0.123. The van der Waals surface area contributed by atoms with Gasteiger partial charge in [0.05, 0.1) is 17.5 Å². The summed E-state index contributed by atoms with van der Waals surface area (Å²) in [5, 5.41) is 5.87. The summed E-state index contributed by atoms with van der Waals surface area (Å²) in [5.41, 5.74) is 4.01. The van der Waals surface area contributed by atoms with Gasteiger partial charge in [-0.1, -0.05) is 69.3 Å². The molecule has 3 aromatic rings. The number of carbonyl (C=O) groups excluding carboxylic acids is 3. The van der Waals surface area contributed by atoms with Crippen molar-refractivity contribution in [2.45, 2.75) is 65.5 Å². The minimum absolute atomic E-state index is 0.0358. The lowest BCUT2D eigenvalue weighted by Gasteiger charge is -2.41. The van der Waals surface area contributed by atoms with Gasteiger partial charge in [-0.3, -0.25) is 14.4 Å². The summed E-state index contributed by atoms with van der Waals surface area (Å²) in [5.74, 6) is -1.83. The van der Waals surface area contributed by atoms with Crippen LogP contribution in [0.15, 0.2) is 66.7 Å². The molecule has 1 saturated heterocycles. The normalized spacial score (nSPS) is 17.3. The number of amides is 3. The van der Waals surface area contributed by atoms with Gasteiger partial charge in [-0.25, -0.2) is 4.39 Å². The van der Waals surface area contributed by atoms with E-state index in [2.05, 4.69) is 31.4 Å². The highest BCUT2D eigenvalue weighted by Crippen LogP contribution is 2.39. The molecule has 3 aromatic carbocycles. The van der Waals surface area contributed by atoms with E-state index in [4.69, 9.17) is 0 Å². The molecule has 6 nitrogen and oxygen atoms in total. The van der Waals surface area contributed by atoms with Gasteiger partial charge in [0.25, 0.3) is 5.91 Å². The Morgan fingerprint density at radius 3 is 2.35 bits per heavy atom. The second-order valence-electron chi connectivity index (χ2n) is 11.6. The van der Waals surface area contributed by atoms with Crippen molar-refractivity contribution in [3.8, 4) is 0 Å². The van der Waals surface area contributed by atoms with Crippen molar-refractivity contribution >= 4 is 23.4 Å². The summed E-state index contributed by atoms with van der Waals surface area (Å²) in [7, 11) is 0. The smallest absolute Gasteiger partial charge is 0.257 e. The third-order valence-corrected chi connectivity index (χ3v) is 7.52. The number of benzene rings is 3. The average molecular weight is 544 g/mol. The van der Waals surface area contributed by atoms with Crippen molar-refractivity contribution in [1.82, 2.24) is 10.2 Å². The molecule has 7 heteroatoms. The zero-order valence-electron chi connectivity index (χ0n) is 23.9. The molecule has 2 atom stereocenters. The maximum Gasteiger partial charge on any atom is 0.257 e. The minimum Gasteiger partial charge on any atom is -0.352 e. The minimum atomic E-state index is -0.583. The number of nitrogens with zero attached hydrogens (tertiary/aromatic N) is 1. The first-order valence-electron chi connectivity index (χ1n) is 13.8. The van der Waals surface area contributed by atoms with Gasteiger partial charge in [-0.05, 0) is 65.6 Å². The van der Waals surface area contributed by atoms with Gasteiger partial charge in [0.2, 0.25) is 11.8 Å². The Balaban J connectivity index is 1.70. The Bertz CT molecular complexity index is 1370. The van der Waals surface area contributed by atoms with Crippen LogP contribution in [-0.2, 0) is 21.5 Å². The zero-order chi connectivity index (χ0) is 29.0. The lowest BCUT2D eigenvalue weighted by Crippen LogP contribution is -2.46. The third-order valence-electron chi connectivity index (χ3n) is 7.52. The van der Waals surface area contributed by atoms with E-state index in [1.165, 1.54) is 13.0 Å². The molecule has 3 amide bonds. The van der Waals surface area contributed by atoms with E-state index >= 15 is 0 Å². The standard InChI is InChI=1S/C33H38FN3O3/c1-21-9-6-13-28(34)29(21)32(40)37-18-8-12-27(30(37)24-16-14-23(15-17-24)20-35-22(2)38)31(39)36-26-11-7-10-25(19-26)33(3,4)5/h6-7,9-11,13-17,19,27,30H,8,12,18,20H2,1-5H3,(H,35,38)(H,36,39)/t27-,30-/m0/s1. The maximum absolute atomic E-state index is 14.9. The first-order chi connectivity index (χ1) is 19.0. The molecular weight excluding hydrogens is 505 g/mol. The van der Waals surface area contributed by atoms with Crippen molar-refractivity contribution < 1.29 is 18.8 Å². The quantitative estimate of drug-likeness (QED) is 0.383. The molecule has 0 bridgehead atoms. The predicted octanol–water partition coefficient (Wildman–Crippen LogP) is 6.30. The van der Waals surface area contributed by atoms with Crippen LogP contribution in [0.25, 0.3) is 0 Å². The van der Waals surface area contributed by atoms with Crippen molar-refractivity contribution in [3.63, 3.8) is 0 Å². The number of halogens is 1. The molecule has 2 N–H and O–H groups in total. The summed E-state index contributed by atoms with van der Waals surface area (Å²) in [6, 6.07) is 19.4. The molecule has 210 valence electrons. The van der Waals surface area contributed by atoms with Gasteiger partial charge < -0.3 is 15.5 Å². The van der Waals surface area contributed by atoms with Crippen LogP contribution in [-0.4, -0.2) is 29.2 Å². The van der Waals surface area contributed by atoms with Gasteiger partial charge in [-0.2, -0.15) is 0 Å². The summed E-state index contributed by atoms with van der Waals surface area (Å²) in [6.07, 6.45) is 1.21. The van der Waals surface area contributed by atoms with Crippen LogP contribution < -0.4 is 10.6 Å². The van der Waals surface area contributed by atoms with E-state index in [1.54, 1.807) is 24.0 Å². The largest absolute Gasteiger partial charge is 0.352 e. The summed E-state index contributed by atoms with van der Waals surface area (Å²) in [4.78, 5) is 40.7. The highest BCUT2D eigenvalue weighted by molar-refractivity contribution is 5.98. The molecular formula is C33H38FN3O3. The Labute approximate surface area is 236 Å². The molecule has 0 aromatic heterocycles. The van der Waals surface area contributed by atoms with Crippen molar-refractivity contribution in [2.75, 3.05) is 11.9 Å². The second kappa shape index (κ2) is 12.0. The van der Waals surface area contributed by atoms with Crippen LogP contribution >= 0.6 is 0 Å². The van der Waals surface area contributed by atoms with Gasteiger partial charge in [0.15, 0.2) is 0 Å². The van der Waals surface area contributed by atoms with Crippen molar-refractivity contribution in [1.29, 1.82) is 0 Å². The van der Waals surface area contributed by atoms with E-state index in [0.29, 0.717) is 37.2 Å². The van der Waals surface area contributed by atoms with Crippen LogP contribution in [0.1, 0.15) is 79.2 Å². The Kier molecular flexibility index (Phi) is 8.72. The number of nitrogens with one attached hydrogen (secondary N) is 2. The molecule has 0 radical (unpaired) electrons. The fourth-order valence-corrected chi connectivity index (χ4v) is 5.31. The van der Waals surface area contributed by atoms with Gasteiger partial charge in [-0.15, -0.1) is 0 Å². The van der Waals surface area contributed by atoms with Gasteiger partial charge in [0, 0.05) is 25.7 Å². The SMILES string of the molecule is CC(=O)NCc1ccc([C@H]2[C@@H](C(=O)Nc3cccc(C(C)(C)C)c3)CCCN2C(=O)c2c(C)cccc2F)cc1. The fourth-order valence-electron chi connectivity index (χ4n) is 5.31. The van der Waals surface area contributed by atoms with E-state index in [0.717, 1.165) is 16.7 Å². The Hall–Kier alpha value is -4.00. The molecule has 0 unspecified atom stereocenters. The van der Waals surface area contributed by atoms with E-state index in [9.17, 15) is 18.8 Å².